The van der Waals surface area contributed by atoms with Crippen molar-refractivity contribution in [1.29, 1.82) is 0 Å². The van der Waals surface area contributed by atoms with E-state index in [4.69, 9.17) is 0 Å². The van der Waals surface area contributed by atoms with E-state index in [0.29, 0.717) is 52.0 Å². The number of fused-ring (bicyclic) bond motifs is 2. The molecule has 3 aliphatic heterocycles. The molecule has 3 aromatic rings. The maximum Gasteiger partial charge on any atom is 0.322 e. The number of hydrogen-bond acceptors (Lipinski definition) is 6. The summed E-state index contributed by atoms with van der Waals surface area (Å²) in [4.78, 5) is 50.3. The zero-order chi connectivity index (χ0) is 31.3. The molecule has 1 atom stereocenters. The average molecular weight is 614 g/mol. The Morgan fingerprint density at radius 2 is 1.82 bits per heavy atom. The molecule has 12 nitrogen and oxygen atoms in total. The minimum Gasteiger partial charge on any atom is -0.384 e. The van der Waals surface area contributed by atoms with Gasteiger partial charge in [0.25, 0.3) is 0 Å². The van der Waals surface area contributed by atoms with Gasteiger partial charge in [-0.25, -0.2) is 9.59 Å². The Balaban J connectivity index is 1.08. The number of carbonyl (C=O) groups is 3. The van der Waals surface area contributed by atoms with Crippen molar-refractivity contribution in [3.63, 3.8) is 0 Å². The Bertz CT molecular complexity index is 1540. The third-order valence-electron chi connectivity index (χ3n) is 9.04. The first kappa shape index (κ1) is 30.4. The lowest BCUT2D eigenvalue weighted by molar-refractivity contribution is -0.135. The van der Waals surface area contributed by atoms with E-state index in [1.165, 1.54) is 0 Å². The second kappa shape index (κ2) is 13.6. The molecule has 45 heavy (non-hydrogen) atoms. The number of hydrogen-bond donors (Lipinski definition) is 3. The fourth-order valence-electron chi connectivity index (χ4n) is 6.47. The van der Waals surface area contributed by atoms with Gasteiger partial charge in [-0.05, 0) is 48.4 Å². The number of likely N-dealkylation sites (tertiary alicyclic amines) is 1. The molecule has 1 unspecified atom stereocenters. The van der Waals surface area contributed by atoms with Crippen LogP contribution in [-0.2, 0) is 17.8 Å². The van der Waals surface area contributed by atoms with Gasteiger partial charge in [-0.3, -0.25) is 14.8 Å². The summed E-state index contributed by atoms with van der Waals surface area (Å²) in [5.41, 5.74) is 3.85. The maximum absolute atomic E-state index is 13.9. The molecule has 6 rings (SSSR count). The lowest BCUT2D eigenvalue weighted by atomic mass is 10.0. The number of piperidine rings is 1. The third-order valence-corrected chi connectivity index (χ3v) is 9.04. The highest BCUT2D eigenvalue weighted by Gasteiger charge is 2.34. The van der Waals surface area contributed by atoms with E-state index in [9.17, 15) is 14.4 Å². The Morgan fingerprint density at radius 1 is 1.04 bits per heavy atom. The van der Waals surface area contributed by atoms with Gasteiger partial charge in [0.15, 0.2) is 0 Å². The minimum atomic E-state index is -0.691. The Kier molecular flexibility index (Phi) is 9.20. The van der Waals surface area contributed by atoms with Gasteiger partial charge < -0.3 is 30.2 Å². The number of H-pyrrole nitrogens is 1. The number of urea groups is 2. The molecule has 0 spiro atoms. The van der Waals surface area contributed by atoms with Crippen LogP contribution in [0.25, 0.3) is 10.9 Å². The van der Waals surface area contributed by atoms with Gasteiger partial charge in [0.05, 0.1) is 11.7 Å². The third kappa shape index (κ3) is 7.22. The summed E-state index contributed by atoms with van der Waals surface area (Å²) in [6.07, 6.45) is 7.70. The van der Waals surface area contributed by atoms with Crippen LogP contribution in [0.4, 0.5) is 15.3 Å². The van der Waals surface area contributed by atoms with Gasteiger partial charge in [0, 0.05) is 90.0 Å². The molecule has 4 heterocycles. The fraction of sp³-hybridized carbons (Fsp3) is 0.455. The molecule has 238 valence electrons. The van der Waals surface area contributed by atoms with E-state index in [1.807, 2.05) is 77.5 Å². The van der Waals surface area contributed by atoms with Crippen molar-refractivity contribution in [2.75, 3.05) is 65.2 Å². The lowest BCUT2D eigenvalue weighted by Gasteiger charge is -2.41. The van der Waals surface area contributed by atoms with Crippen LogP contribution < -0.4 is 10.6 Å². The molecule has 3 aliphatic rings. The predicted molar refractivity (Wildman–Crippen MR) is 174 cm³/mol. The molecule has 5 amide bonds. The first-order chi connectivity index (χ1) is 21.8. The normalized spacial score (nSPS) is 18.6. The van der Waals surface area contributed by atoms with Crippen LogP contribution in [0.3, 0.4) is 0 Å². The average Bonchev–Trinajstić information content (AvgIpc) is 3.52. The lowest BCUT2D eigenvalue weighted by Crippen LogP contribution is -2.58. The number of para-hydroxylation sites is 1. The van der Waals surface area contributed by atoms with Crippen molar-refractivity contribution in [2.24, 2.45) is 0 Å². The number of aromatic nitrogens is 2. The fourth-order valence-corrected chi connectivity index (χ4v) is 6.47. The molecule has 3 N–H and O–H groups in total. The largest absolute Gasteiger partial charge is 0.384 e. The van der Waals surface area contributed by atoms with Crippen molar-refractivity contribution < 1.29 is 14.4 Å². The maximum atomic E-state index is 13.9. The summed E-state index contributed by atoms with van der Waals surface area (Å²) in [7, 11) is 4.00. The van der Waals surface area contributed by atoms with E-state index in [-0.39, 0.29) is 24.0 Å². The van der Waals surface area contributed by atoms with Crippen LogP contribution >= 0.6 is 0 Å². The van der Waals surface area contributed by atoms with Crippen LogP contribution in [0.15, 0.2) is 60.9 Å². The predicted octanol–water partition coefficient (Wildman–Crippen LogP) is 2.92. The number of anilines is 1. The van der Waals surface area contributed by atoms with Crippen molar-refractivity contribution in [2.45, 2.75) is 37.9 Å². The molecule has 2 saturated heterocycles. The molecule has 2 fully saturated rings. The Hall–Kier alpha value is -4.58. The van der Waals surface area contributed by atoms with Gasteiger partial charge in [0.1, 0.15) is 6.04 Å². The Labute approximate surface area is 264 Å². The number of rotatable bonds is 8. The van der Waals surface area contributed by atoms with E-state index in [1.54, 1.807) is 11.1 Å². The highest BCUT2D eigenvalue weighted by molar-refractivity contribution is 5.92. The summed E-state index contributed by atoms with van der Waals surface area (Å²) in [5.74, 6) is -0.0577. The van der Waals surface area contributed by atoms with Gasteiger partial charge in [0.2, 0.25) is 5.91 Å². The molecule has 0 aliphatic carbocycles. The number of nitrogens with one attached hydrogen (secondary N) is 3. The molecule has 0 bridgehead atoms. The van der Waals surface area contributed by atoms with Gasteiger partial charge in [-0.15, -0.1) is 0 Å². The van der Waals surface area contributed by atoms with Crippen molar-refractivity contribution in [3.05, 3.63) is 72.1 Å². The summed E-state index contributed by atoms with van der Waals surface area (Å²) in [6, 6.07) is 12.8. The quantitative estimate of drug-likeness (QED) is 0.360. The van der Waals surface area contributed by atoms with E-state index < -0.39 is 6.04 Å². The molecule has 0 saturated carbocycles. The summed E-state index contributed by atoms with van der Waals surface area (Å²) in [5, 5.41) is 14.1. The first-order valence-corrected chi connectivity index (χ1v) is 15.8. The van der Waals surface area contributed by atoms with Gasteiger partial charge in [-0.2, -0.15) is 5.10 Å². The minimum absolute atomic E-state index is 0.0467. The Morgan fingerprint density at radius 3 is 2.60 bits per heavy atom. The first-order valence-electron chi connectivity index (χ1n) is 15.8. The number of nitrogens with zero attached hydrogens (tertiary/aromatic N) is 6. The smallest absolute Gasteiger partial charge is 0.322 e. The summed E-state index contributed by atoms with van der Waals surface area (Å²) >= 11 is 0. The van der Waals surface area contributed by atoms with E-state index in [0.717, 1.165) is 47.4 Å². The van der Waals surface area contributed by atoms with Crippen molar-refractivity contribution >= 4 is 34.6 Å². The van der Waals surface area contributed by atoms with Crippen molar-refractivity contribution in [3.8, 4) is 0 Å². The highest BCUT2D eigenvalue weighted by atomic mass is 16.2. The molecule has 2 aromatic carbocycles. The van der Waals surface area contributed by atoms with E-state index >= 15 is 0 Å². The second-order valence-corrected chi connectivity index (χ2v) is 12.4. The number of piperazine rings is 1. The van der Waals surface area contributed by atoms with Crippen LogP contribution in [0.1, 0.15) is 24.0 Å². The van der Waals surface area contributed by atoms with Gasteiger partial charge in [-0.1, -0.05) is 30.3 Å². The van der Waals surface area contributed by atoms with Crippen molar-refractivity contribution in [1.82, 2.24) is 40.0 Å². The van der Waals surface area contributed by atoms with Crippen LogP contribution in [-0.4, -0.2) is 125 Å². The zero-order valence-electron chi connectivity index (χ0n) is 26.1. The molecule has 0 radical (unpaired) electrons. The monoisotopic (exact) mass is 613 g/mol. The molecule has 1 aromatic heterocycles. The number of amides is 5. The number of benzene rings is 2. The second-order valence-electron chi connectivity index (χ2n) is 12.4. The number of carbonyl (C=O) groups excluding carboxylic acids is 3. The van der Waals surface area contributed by atoms with Gasteiger partial charge >= 0.3 is 12.1 Å². The highest BCUT2D eigenvalue weighted by Crippen LogP contribution is 2.27. The van der Waals surface area contributed by atoms with Crippen LogP contribution in [0, 0.1) is 0 Å². The van der Waals surface area contributed by atoms with E-state index in [2.05, 4.69) is 31.8 Å². The zero-order valence-corrected chi connectivity index (χ0v) is 26.1. The standard InChI is InChI=1S/C33H43N9O3/c1-38(2)12-5-13-39-16-18-40(19-17-39)31(43)30(21-24-8-9-29-26(20-24)22-34-37-29)36-32(44)41-14-10-27(11-15-41)42-23-25-6-3-4-7-28(25)35-33(42)45/h3-9,12,20,22,27,30H,10-11,13-19,21,23H2,1-2H3,(H,34,37)(H,35,45)(H,36,44). The van der Waals surface area contributed by atoms with Crippen LogP contribution in [0.2, 0.25) is 0 Å². The molecule has 12 heteroatoms. The molecular weight excluding hydrogens is 570 g/mol. The summed E-state index contributed by atoms with van der Waals surface area (Å²) in [6.45, 7) is 5.25. The topological polar surface area (TPSA) is 120 Å². The SMILES string of the molecule is CN(C)C=CCN1CCN(C(=O)C(Cc2ccc3[nH]ncc3c2)NC(=O)N2CCC(N3Cc4ccccc4NC3=O)CC2)CC1. The van der Waals surface area contributed by atoms with Crippen LogP contribution in [0.5, 0.6) is 0 Å². The number of aromatic amines is 1. The summed E-state index contributed by atoms with van der Waals surface area (Å²) < 4.78 is 0. The molecular formula is C33H43N9O3.